The number of hydrogen-bond acceptors (Lipinski definition) is 2. The van der Waals surface area contributed by atoms with E-state index >= 15 is 0 Å². The smallest absolute Gasteiger partial charge is 0.178 e. The number of unbranched alkanes of at least 4 members (excludes halogenated alkanes) is 2. The van der Waals surface area contributed by atoms with Crippen LogP contribution in [0.1, 0.15) is 60.8 Å². The second-order valence-corrected chi connectivity index (χ2v) is 16.9. The van der Waals surface area contributed by atoms with Crippen molar-refractivity contribution in [2.45, 2.75) is 97.1 Å². The highest BCUT2D eigenvalue weighted by Crippen LogP contribution is 2.31. The van der Waals surface area contributed by atoms with E-state index in [0.717, 1.165) is 6.42 Å². The fourth-order valence-corrected chi connectivity index (χ4v) is 13.5. The normalized spacial score (nSPS) is 12.0. The predicted molar refractivity (Wildman–Crippen MR) is 115 cm³/mol. The molecule has 0 aliphatic heterocycles. The number of hydrogen-bond donors (Lipinski definition) is 1. The van der Waals surface area contributed by atoms with E-state index in [9.17, 15) is 0 Å². The second-order valence-electron chi connectivity index (χ2n) is 6.06. The first kappa shape index (κ1) is 25.3. The zero-order chi connectivity index (χ0) is 17.5. The summed E-state index contributed by atoms with van der Waals surface area (Å²) in [6.45, 7) is 14.4. The van der Waals surface area contributed by atoms with Gasteiger partial charge >= 0.3 is 0 Å². The SMILES string of the molecule is CC[Si](CC)(CC)O[Si](CC)(CC)CC.OCCCCCI. The van der Waals surface area contributed by atoms with Crippen LogP contribution in [-0.2, 0) is 4.12 Å². The molecule has 0 amide bonds. The Labute approximate surface area is 156 Å². The molecule has 0 radical (unpaired) electrons. The monoisotopic (exact) mass is 460 g/mol. The van der Waals surface area contributed by atoms with E-state index in [0.29, 0.717) is 6.61 Å². The predicted octanol–water partition coefficient (Wildman–Crippen LogP) is 6.60. The molecule has 0 saturated heterocycles. The van der Waals surface area contributed by atoms with Crippen LogP contribution in [0, 0.1) is 0 Å². The summed E-state index contributed by atoms with van der Waals surface area (Å²) >= 11 is 2.35. The van der Waals surface area contributed by atoms with Gasteiger partial charge in [0.05, 0.1) is 0 Å². The maximum absolute atomic E-state index is 8.29. The van der Waals surface area contributed by atoms with Gasteiger partial charge in [-0.3, -0.25) is 0 Å². The quantitative estimate of drug-likeness (QED) is 0.154. The number of aliphatic hydroxyl groups excluding tert-OH is 1. The van der Waals surface area contributed by atoms with Crippen LogP contribution in [-0.4, -0.2) is 32.8 Å². The average molecular weight is 461 g/mol. The maximum Gasteiger partial charge on any atom is 0.178 e. The Hall–Kier alpha value is 1.08. The highest BCUT2D eigenvalue weighted by atomic mass is 127. The minimum Gasteiger partial charge on any atom is -0.455 e. The fourth-order valence-electron chi connectivity index (χ4n) is 2.78. The molecule has 0 aromatic carbocycles. The second kappa shape index (κ2) is 15.6. The fraction of sp³-hybridized carbons (Fsp3) is 1.00. The van der Waals surface area contributed by atoms with E-state index < -0.39 is 16.6 Å². The van der Waals surface area contributed by atoms with E-state index in [2.05, 4.69) is 64.1 Å². The zero-order valence-corrected chi connectivity index (χ0v) is 20.2. The van der Waals surface area contributed by atoms with Crippen LogP contribution >= 0.6 is 22.6 Å². The van der Waals surface area contributed by atoms with Crippen molar-refractivity contribution in [3.63, 3.8) is 0 Å². The Morgan fingerprint density at radius 1 is 0.682 bits per heavy atom. The van der Waals surface area contributed by atoms with E-state index in [1.807, 2.05) is 0 Å². The van der Waals surface area contributed by atoms with Gasteiger partial charge in [-0.15, -0.1) is 0 Å². The van der Waals surface area contributed by atoms with Crippen LogP contribution in [0.3, 0.4) is 0 Å². The molecule has 0 fully saturated rings. The molecule has 0 unspecified atom stereocenters. The summed E-state index contributed by atoms with van der Waals surface area (Å²) in [7, 11) is -2.71. The first-order valence-corrected chi connectivity index (χ1v) is 15.9. The average Bonchev–Trinajstić information content (AvgIpc) is 2.58. The molecule has 0 atom stereocenters. The number of aliphatic hydroxyl groups is 1. The summed E-state index contributed by atoms with van der Waals surface area (Å²) in [6, 6.07) is 7.80. The minimum absolute atomic E-state index is 0.358. The highest BCUT2D eigenvalue weighted by molar-refractivity contribution is 14.1. The number of halogens is 1. The van der Waals surface area contributed by atoms with Crippen molar-refractivity contribution < 1.29 is 9.22 Å². The van der Waals surface area contributed by atoms with Crippen LogP contribution in [0.4, 0.5) is 0 Å². The summed E-state index contributed by atoms with van der Waals surface area (Å²) in [5.74, 6) is 0. The van der Waals surface area contributed by atoms with Gasteiger partial charge in [0.2, 0.25) is 0 Å². The van der Waals surface area contributed by atoms with Crippen molar-refractivity contribution in [1.82, 2.24) is 0 Å². The van der Waals surface area contributed by atoms with Crippen molar-refractivity contribution in [1.29, 1.82) is 0 Å². The third-order valence-corrected chi connectivity index (χ3v) is 17.0. The molecule has 0 aliphatic rings. The first-order valence-electron chi connectivity index (χ1n) is 9.36. The van der Waals surface area contributed by atoms with E-state index in [1.165, 1.54) is 53.5 Å². The highest BCUT2D eigenvalue weighted by Gasteiger charge is 2.39. The van der Waals surface area contributed by atoms with Crippen LogP contribution in [0.2, 0.25) is 36.3 Å². The van der Waals surface area contributed by atoms with Gasteiger partial charge < -0.3 is 9.22 Å². The molecule has 22 heavy (non-hydrogen) atoms. The van der Waals surface area contributed by atoms with Gasteiger partial charge in [0, 0.05) is 6.61 Å². The van der Waals surface area contributed by atoms with Crippen molar-refractivity contribution in [3.05, 3.63) is 0 Å². The van der Waals surface area contributed by atoms with Gasteiger partial charge in [0.15, 0.2) is 16.6 Å². The molecular weight excluding hydrogens is 419 g/mol. The minimum atomic E-state index is -1.35. The van der Waals surface area contributed by atoms with Crippen molar-refractivity contribution in [2.24, 2.45) is 0 Å². The zero-order valence-electron chi connectivity index (χ0n) is 16.0. The Kier molecular flexibility index (Phi) is 18.0. The van der Waals surface area contributed by atoms with E-state index in [1.54, 1.807) is 0 Å². The van der Waals surface area contributed by atoms with E-state index in [-0.39, 0.29) is 0 Å². The lowest BCUT2D eigenvalue weighted by molar-refractivity contribution is 0.284. The number of alkyl halides is 1. The molecule has 1 N–H and O–H groups in total. The molecule has 2 nitrogen and oxygen atoms in total. The summed E-state index contributed by atoms with van der Waals surface area (Å²) in [5, 5.41) is 8.29. The molecule has 0 bridgehead atoms. The molecule has 0 aromatic rings. The van der Waals surface area contributed by atoms with Gasteiger partial charge in [-0.2, -0.15) is 0 Å². The summed E-state index contributed by atoms with van der Waals surface area (Å²) in [5.41, 5.74) is 0. The third kappa shape index (κ3) is 10.1. The molecule has 5 heteroatoms. The topological polar surface area (TPSA) is 29.5 Å². The van der Waals surface area contributed by atoms with Crippen LogP contribution in [0.15, 0.2) is 0 Å². The van der Waals surface area contributed by atoms with Gasteiger partial charge in [0.25, 0.3) is 0 Å². The molecule has 0 saturated carbocycles. The molecule has 0 aromatic heterocycles. The van der Waals surface area contributed by atoms with Crippen LogP contribution < -0.4 is 0 Å². The van der Waals surface area contributed by atoms with Crippen LogP contribution in [0.5, 0.6) is 0 Å². The maximum atomic E-state index is 8.29. The summed E-state index contributed by atoms with van der Waals surface area (Å²) < 4.78 is 8.02. The molecular formula is C17H41IO2Si2. The molecule has 0 rings (SSSR count). The largest absolute Gasteiger partial charge is 0.455 e. The van der Waals surface area contributed by atoms with Gasteiger partial charge in [-0.1, -0.05) is 70.6 Å². The van der Waals surface area contributed by atoms with E-state index in [4.69, 9.17) is 9.22 Å². The standard InChI is InChI=1S/C12H30OSi2.C5H11IO/c1-7-14(8-2,9-3)13-15(10-4,11-5)12-6;6-4-2-1-3-5-7/h7-12H2,1-6H3;7H,1-5H2. The lowest BCUT2D eigenvalue weighted by Crippen LogP contribution is -2.49. The molecule has 0 aliphatic carbocycles. The lowest BCUT2D eigenvalue weighted by Gasteiger charge is -2.40. The van der Waals surface area contributed by atoms with Gasteiger partial charge in [0.1, 0.15) is 0 Å². The lowest BCUT2D eigenvalue weighted by atomic mass is 10.3. The molecule has 0 spiro atoms. The van der Waals surface area contributed by atoms with Crippen molar-refractivity contribution >= 4 is 39.2 Å². The van der Waals surface area contributed by atoms with Crippen molar-refractivity contribution in [3.8, 4) is 0 Å². The Bertz CT molecular complexity index is 194. The van der Waals surface area contributed by atoms with Gasteiger partial charge in [-0.25, -0.2) is 0 Å². The Balaban J connectivity index is 0. The van der Waals surface area contributed by atoms with Crippen molar-refractivity contribution in [2.75, 3.05) is 11.0 Å². The number of rotatable bonds is 12. The van der Waals surface area contributed by atoms with Crippen LogP contribution in [0.25, 0.3) is 0 Å². The van der Waals surface area contributed by atoms with Gasteiger partial charge in [-0.05, 0) is 53.5 Å². The Morgan fingerprint density at radius 2 is 1.05 bits per heavy atom. The summed E-state index contributed by atoms with van der Waals surface area (Å²) in [4.78, 5) is 0. The summed E-state index contributed by atoms with van der Waals surface area (Å²) in [6.07, 6.45) is 3.41. The Morgan fingerprint density at radius 3 is 1.27 bits per heavy atom. The first-order chi connectivity index (χ1) is 10.5. The third-order valence-electron chi connectivity index (χ3n) is 5.09. The molecule has 0 heterocycles. The molecule has 136 valence electrons.